The van der Waals surface area contributed by atoms with Crippen LogP contribution in [0.4, 0.5) is 0 Å². The quantitative estimate of drug-likeness (QED) is 0.777. The van der Waals surface area contributed by atoms with Crippen LogP contribution in [0.2, 0.25) is 0 Å². The normalized spacial score (nSPS) is 21.8. The highest BCUT2D eigenvalue weighted by Gasteiger charge is 2.35. The van der Waals surface area contributed by atoms with E-state index in [2.05, 4.69) is 39.0 Å². The maximum atomic E-state index is 12.0. The van der Waals surface area contributed by atoms with E-state index in [1.54, 1.807) is 6.92 Å². The van der Waals surface area contributed by atoms with Crippen LogP contribution in [0.15, 0.2) is 42.0 Å². The molecule has 0 bridgehead atoms. The highest BCUT2D eigenvalue weighted by molar-refractivity contribution is 5.75. The van der Waals surface area contributed by atoms with Crippen molar-refractivity contribution in [1.29, 1.82) is 0 Å². The SMILES string of the molecule is CC(=O)N1[C@@H](C(C)C)C=C(C)[C@@H]1COCc1ccccc1. The van der Waals surface area contributed by atoms with E-state index in [1.165, 1.54) is 5.57 Å². The fourth-order valence-electron chi connectivity index (χ4n) is 2.91. The molecule has 21 heavy (non-hydrogen) atoms. The van der Waals surface area contributed by atoms with E-state index < -0.39 is 0 Å². The molecule has 0 N–H and O–H groups in total. The molecule has 0 spiro atoms. The van der Waals surface area contributed by atoms with Crippen molar-refractivity contribution in [2.24, 2.45) is 5.92 Å². The number of rotatable bonds is 5. The Morgan fingerprint density at radius 1 is 1.29 bits per heavy atom. The van der Waals surface area contributed by atoms with Crippen LogP contribution < -0.4 is 0 Å². The summed E-state index contributed by atoms with van der Waals surface area (Å²) < 4.78 is 5.85. The van der Waals surface area contributed by atoms with Gasteiger partial charge in [0, 0.05) is 6.92 Å². The molecule has 1 aliphatic heterocycles. The van der Waals surface area contributed by atoms with E-state index in [-0.39, 0.29) is 18.0 Å². The Morgan fingerprint density at radius 3 is 2.52 bits per heavy atom. The van der Waals surface area contributed by atoms with Gasteiger partial charge in [0.25, 0.3) is 0 Å². The molecule has 1 aromatic rings. The molecule has 0 radical (unpaired) electrons. The largest absolute Gasteiger partial charge is 0.374 e. The summed E-state index contributed by atoms with van der Waals surface area (Å²) in [5, 5.41) is 0. The predicted molar refractivity (Wildman–Crippen MR) is 84.8 cm³/mol. The maximum Gasteiger partial charge on any atom is 0.220 e. The van der Waals surface area contributed by atoms with Crippen molar-refractivity contribution in [1.82, 2.24) is 4.90 Å². The molecule has 2 atom stereocenters. The van der Waals surface area contributed by atoms with Gasteiger partial charge < -0.3 is 9.64 Å². The molecule has 2 rings (SSSR count). The third-order valence-corrected chi connectivity index (χ3v) is 4.05. The summed E-state index contributed by atoms with van der Waals surface area (Å²) in [7, 11) is 0. The van der Waals surface area contributed by atoms with Gasteiger partial charge in [0.1, 0.15) is 0 Å². The van der Waals surface area contributed by atoms with E-state index in [9.17, 15) is 4.79 Å². The Morgan fingerprint density at radius 2 is 1.95 bits per heavy atom. The second-order valence-corrected chi connectivity index (χ2v) is 6.09. The standard InChI is InChI=1S/C18H25NO2/c1-13(2)17-10-14(3)18(19(17)15(4)20)12-21-11-16-8-6-5-7-9-16/h5-10,13,17-18H,11-12H2,1-4H3/t17-,18+/m1/s1. The van der Waals surface area contributed by atoms with Crippen LogP contribution in [0.3, 0.4) is 0 Å². The first-order chi connectivity index (χ1) is 10.0. The summed E-state index contributed by atoms with van der Waals surface area (Å²) in [6.07, 6.45) is 2.21. The molecule has 0 aromatic heterocycles. The number of benzene rings is 1. The Balaban J connectivity index is 1.98. The number of ether oxygens (including phenoxy) is 1. The van der Waals surface area contributed by atoms with E-state index in [4.69, 9.17) is 4.74 Å². The minimum Gasteiger partial charge on any atom is -0.374 e. The Kier molecular flexibility index (Phi) is 5.18. The lowest BCUT2D eigenvalue weighted by Gasteiger charge is -2.32. The molecule has 0 unspecified atom stereocenters. The minimum atomic E-state index is 0.0682. The first kappa shape index (κ1) is 15.8. The highest BCUT2D eigenvalue weighted by atomic mass is 16.5. The molecule has 1 aromatic carbocycles. The molecular formula is C18H25NO2. The maximum absolute atomic E-state index is 12.0. The third-order valence-electron chi connectivity index (χ3n) is 4.05. The van der Waals surface area contributed by atoms with Crippen molar-refractivity contribution in [3.8, 4) is 0 Å². The van der Waals surface area contributed by atoms with Gasteiger partial charge in [0.05, 0.1) is 25.3 Å². The zero-order valence-corrected chi connectivity index (χ0v) is 13.4. The van der Waals surface area contributed by atoms with Gasteiger partial charge in [0.15, 0.2) is 0 Å². The molecule has 1 heterocycles. The van der Waals surface area contributed by atoms with Crippen LogP contribution in [0.1, 0.15) is 33.3 Å². The second kappa shape index (κ2) is 6.90. The molecule has 0 saturated heterocycles. The predicted octanol–water partition coefficient (Wildman–Crippen LogP) is 3.40. The van der Waals surface area contributed by atoms with Gasteiger partial charge in [-0.05, 0) is 18.4 Å². The summed E-state index contributed by atoms with van der Waals surface area (Å²) in [5.74, 6) is 0.540. The van der Waals surface area contributed by atoms with Crippen LogP contribution in [0.5, 0.6) is 0 Å². The van der Waals surface area contributed by atoms with Gasteiger partial charge in [-0.2, -0.15) is 0 Å². The zero-order valence-electron chi connectivity index (χ0n) is 13.4. The molecule has 1 amide bonds. The van der Waals surface area contributed by atoms with Gasteiger partial charge >= 0.3 is 0 Å². The summed E-state index contributed by atoms with van der Waals surface area (Å²) in [6.45, 7) is 9.18. The van der Waals surface area contributed by atoms with Crippen molar-refractivity contribution in [3.63, 3.8) is 0 Å². The fraction of sp³-hybridized carbons (Fsp3) is 0.500. The van der Waals surface area contributed by atoms with Crippen LogP contribution in [-0.2, 0) is 16.1 Å². The first-order valence-electron chi connectivity index (χ1n) is 7.59. The summed E-state index contributed by atoms with van der Waals surface area (Å²) in [4.78, 5) is 14.0. The molecule has 3 nitrogen and oxygen atoms in total. The monoisotopic (exact) mass is 287 g/mol. The lowest BCUT2D eigenvalue weighted by atomic mass is 10.0. The lowest BCUT2D eigenvalue weighted by Crippen LogP contribution is -2.45. The van der Waals surface area contributed by atoms with Crippen LogP contribution in [0, 0.1) is 5.92 Å². The van der Waals surface area contributed by atoms with Crippen molar-refractivity contribution in [2.75, 3.05) is 6.61 Å². The van der Waals surface area contributed by atoms with Crippen LogP contribution >= 0.6 is 0 Å². The molecule has 0 aliphatic carbocycles. The summed E-state index contributed by atoms with van der Waals surface area (Å²) in [5.41, 5.74) is 2.39. The summed E-state index contributed by atoms with van der Waals surface area (Å²) >= 11 is 0. The first-order valence-corrected chi connectivity index (χ1v) is 7.59. The number of hydrogen-bond donors (Lipinski definition) is 0. The van der Waals surface area contributed by atoms with E-state index in [0.29, 0.717) is 19.1 Å². The number of carbonyl (C=O) groups is 1. The Hall–Kier alpha value is -1.61. The third kappa shape index (κ3) is 3.73. The lowest BCUT2D eigenvalue weighted by molar-refractivity contribution is -0.133. The van der Waals surface area contributed by atoms with Gasteiger partial charge in [-0.15, -0.1) is 0 Å². The average Bonchev–Trinajstić information content (AvgIpc) is 2.78. The highest BCUT2D eigenvalue weighted by Crippen LogP contribution is 2.28. The molecule has 3 heteroatoms. The van der Waals surface area contributed by atoms with Crippen LogP contribution in [-0.4, -0.2) is 29.5 Å². The number of nitrogens with zero attached hydrogens (tertiary/aromatic N) is 1. The van der Waals surface area contributed by atoms with Gasteiger partial charge in [-0.25, -0.2) is 0 Å². The van der Waals surface area contributed by atoms with Crippen LogP contribution in [0.25, 0.3) is 0 Å². The number of amides is 1. The Bertz CT molecular complexity index is 507. The van der Waals surface area contributed by atoms with E-state index in [0.717, 1.165) is 5.56 Å². The smallest absolute Gasteiger partial charge is 0.220 e. The fourth-order valence-corrected chi connectivity index (χ4v) is 2.91. The molecular weight excluding hydrogens is 262 g/mol. The van der Waals surface area contributed by atoms with Gasteiger partial charge in [-0.3, -0.25) is 4.79 Å². The summed E-state index contributed by atoms with van der Waals surface area (Å²) in [6, 6.07) is 10.4. The van der Waals surface area contributed by atoms with Crippen molar-refractivity contribution >= 4 is 5.91 Å². The van der Waals surface area contributed by atoms with E-state index in [1.807, 2.05) is 23.1 Å². The molecule has 0 fully saturated rings. The molecule has 0 saturated carbocycles. The minimum absolute atomic E-state index is 0.0682. The zero-order chi connectivity index (χ0) is 15.4. The Labute approximate surface area is 127 Å². The topological polar surface area (TPSA) is 29.5 Å². The average molecular weight is 287 g/mol. The van der Waals surface area contributed by atoms with E-state index >= 15 is 0 Å². The molecule has 1 aliphatic rings. The second-order valence-electron chi connectivity index (χ2n) is 6.09. The number of hydrogen-bond acceptors (Lipinski definition) is 2. The van der Waals surface area contributed by atoms with Gasteiger partial charge in [0.2, 0.25) is 5.91 Å². The van der Waals surface area contributed by atoms with Crippen molar-refractivity contribution < 1.29 is 9.53 Å². The van der Waals surface area contributed by atoms with Gasteiger partial charge in [-0.1, -0.05) is 55.8 Å². The number of carbonyl (C=O) groups excluding carboxylic acids is 1. The van der Waals surface area contributed by atoms with Crippen molar-refractivity contribution in [2.45, 2.75) is 46.4 Å². The molecule has 114 valence electrons. The van der Waals surface area contributed by atoms with Crippen molar-refractivity contribution in [3.05, 3.63) is 47.5 Å².